The molecule has 17 heavy (non-hydrogen) atoms. The van der Waals surface area contributed by atoms with E-state index in [0.29, 0.717) is 4.31 Å². The van der Waals surface area contributed by atoms with E-state index in [0.717, 1.165) is 31.3 Å². The van der Waals surface area contributed by atoms with Crippen LogP contribution in [0.2, 0.25) is 0 Å². The van der Waals surface area contributed by atoms with E-state index in [1.807, 2.05) is 0 Å². The van der Waals surface area contributed by atoms with Gasteiger partial charge in [0.05, 0.1) is 11.5 Å². The van der Waals surface area contributed by atoms with Gasteiger partial charge in [-0.25, -0.2) is 21.9 Å². The first-order valence-electron chi connectivity index (χ1n) is 4.81. The summed E-state index contributed by atoms with van der Waals surface area (Å²) >= 11 is 0. The van der Waals surface area contributed by atoms with Gasteiger partial charge in [0, 0.05) is 7.05 Å². The minimum atomic E-state index is -3.99. The molecule has 0 spiro atoms. The molecule has 0 fully saturated rings. The highest BCUT2D eigenvalue weighted by atomic mass is 32.2. The van der Waals surface area contributed by atoms with E-state index in [9.17, 15) is 17.6 Å². The number of halogens is 1. The highest BCUT2D eigenvalue weighted by molar-refractivity contribution is 7.89. The summed E-state index contributed by atoms with van der Waals surface area (Å²) in [6.07, 6.45) is -0.975. The molecular formula is C10H12FNO4S. The second-order valence-corrected chi connectivity index (χ2v) is 5.09. The first kappa shape index (κ1) is 13.4. The third kappa shape index (κ3) is 2.94. The summed E-state index contributed by atoms with van der Waals surface area (Å²) in [5, 5.41) is 0. The molecule has 0 aliphatic rings. The second-order valence-electron chi connectivity index (χ2n) is 3.13. The zero-order valence-electron chi connectivity index (χ0n) is 9.38. The Morgan fingerprint density at radius 1 is 1.35 bits per heavy atom. The molecule has 0 heterocycles. The lowest BCUT2D eigenvalue weighted by molar-refractivity contribution is 0.136. The van der Waals surface area contributed by atoms with E-state index in [1.54, 1.807) is 6.92 Å². The maximum absolute atomic E-state index is 12.7. The van der Waals surface area contributed by atoms with Crippen LogP contribution in [0, 0.1) is 5.82 Å². The van der Waals surface area contributed by atoms with Crippen LogP contribution in [0.25, 0.3) is 0 Å². The molecule has 0 saturated carbocycles. The van der Waals surface area contributed by atoms with Crippen molar-refractivity contribution in [3.8, 4) is 0 Å². The zero-order chi connectivity index (χ0) is 13.1. The van der Waals surface area contributed by atoms with Gasteiger partial charge in [-0.05, 0) is 31.2 Å². The molecule has 7 heteroatoms. The average Bonchev–Trinajstić information content (AvgIpc) is 2.29. The number of carbonyl (C=O) groups excluding carboxylic acids is 1. The van der Waals surface area contributed by atoms with Crippen molar-refractivity contribution in [3.05, 3.63) is 30.1 Å². The molecule has 0 saturated heterocycles. The molecule has 5 nitrogen and oxygen atoms in total. The van der Waals surface area contributed by atoms with Crippen LogP contribution in [0.4, 0.5) is 9.18 Å². The molecule has 1 aromatic rings. The van der Waals surface area contributed by atoms with E-state index < -0.39 is 21.9 Å². The van der Waals surface area contributed by atoms with E-state index in [1.165, 1.54) is 0 Å². The molecule has 0 radical (unpaired) electrons. The molecule has 0 atom stereocenters. The number of sulfonamides is 1. The van der Waals surface area contributed by atoms with E-state index in [-0.39, 0.29) is 11.5 Å². The Kier molecular flexibility index (Phi) is 4.06. The van der Waals surface area contributed by atoms with Gasteiger partial charge in [-0.1, -0.05) is 0 Å². The maximum atomic E-state index is 12.7. The molecule has 0 aliphatic heterocycles. The second kappa shape index (κ2) is 5.13. The Balaban J connectivity index is 3.03. The fourth-order valence-corrected chi connectivity index (χ4v) is 2.12. The van der Waals surface area contributed by atoms with Crippen LogP contribution in [-0.2, 0) is 14.8 Å². The number of nitrogens with zero attached hydrogens (tertiary/aromatic N) is 1. The van der Waals surface area contributed by atoms with Gasteiger partial charge < -0.3 is 4.74 Å². The Bertz CT molecular complexity index is 498. The molecule has 0 unspecified atom stereocenters. The fourth-order valence-electron chi connectivity index (χ4n) is 1.08. The van der Waals surface area contributed by atoms with Gasteiger partial charge in [0.2, 0.25) is 0 Å². The Morgan fingerprint density at radius 3 is 2.35 bits per heavy atom. The van der Waals surface area contributed by atoms with Gasteiger partial charge in [0.15, 0.2) is 0 Å². The van der Waals surface area contributed by atoms with Crippen LogP contribution < -0.4 is 0 Å². The molecule has 94 valence electrons. The number of rotatable bonds is 3. The van der Waals surface area contributed by atoms with Crippen LogP contribution >= 0.6 is 0 Å². The summed E-state index contributed by atoms with van der Waals surface area (Å²) in [5.41, 5.74) is 0. The number of benzene rings is 1. The molecule has 1 amide bonds. The number of amides is 1. The van der Waals surface area contributed by atoms with Gasteiger partial charge in [0.1, 0.15) is 5.82 Å². The molecule has 0 aromatic heterocycles. The monoisotopic (exact) mass is 261 g/mol. The lowest BCUT2D eigenvalue weighted by Gasteiger charge is -2.16. The highest BCUT2D eigenvalue weighted by Gasteiger charge is 2.26. The predicted octanol–water partition coefficient (Wildman–Crippen LogP) is 1.60. The van der Waals surface area contributed by atoms with Gasteiger partial charge in [-0.15, -0.1) is 0 Å². The SMILES string of the molecule is CCOC(=O)N(C)S(=O)(=O)c1ccc(F)cc1. The average molecular weight is 261 g/mol. The summed E-state index contributed by atoms with van der Waals surface area (Å²) in [6, 6.07) is 4.18. The lowest BCUT2D eigenvalue weighted by atomic mass is 10.4. The van der Waals surface area contributed by atoms with Crippen molar-refractivity contribution in [1.82, 2.24) is 4.31 Å². The number of ether oxygens (including phenoxy) is 1. The molecule has 0 bridgehead atoms. The van der Waals surface area contributed by atoms with E-state index in [4.69, 9.17) is 0 Å². The van der Waals surface area contributed by atoms with Crippen molar-refractivity contribution in [2.75, 3.05) is 13.7 Å². The minimum absolute atomic E-state index is 0.0715. The first-order chi connectivity index (χ1) is 7.89. The van der Waals surface area contributed by atoms with Crippen LogP contribution in [0.1, 0.15) is 6.92 Å². The summed E-state index contributed by atoms with van der Waals surface area (Å²) in [6.45, 7) is 1.64. The van der Waals surface area contributed by atoms with Crippen molar-refractivity contribution in [2.24, 2.45) is 0 Å². The van der Waals surface area contributed by atoms with Crippen LogP contribution in [0.15, 0.2) is 29.2 Å². The van der Waals surface area contributed by atoms with E-state index >= 15 is 0 Å². The third-order valence-corrected chi connectivity index (χ3v) is 3.73. The van der Waals surface area contributed by atoms with Gasteiger partial charge in [0.25, 0.3) is 10.0 Å². The smallest absolute Gasteiger partial charge is 0.423 e. The summed E-state index contributed by atoms with van der Waals surface area (Å²) < 4.78 is 41.4. The third-order valence-electron chi connectivity index (χ3n) is 2.00. The van der Waals surface area contributed by atoms with Gasteiger partial charge in [-0.2, -0.15) is 0 Å². The largest absolute Gasteiger partial charge is 0.449 e. The molecular weight excluding hydrogens is 249 g/mol. The van der Waals surface area contributed by atoms with Crippen molar-refractivity contribution in [1.29, 1.82) is 0 Å². The molecule has 0 aliphatic carbocycles. The Hall–Kier alpha value is -1.63. The van der Waals surface area contributed by atoms with Crippen molar-refractivity contribution < 1.29 is 22.3 Å². The van der Waals surface area contributed by atoms with Gasteiger partial charge >= 0.3 is 6.09 Å². The maximum Gasteiger partial charge on any atom is 0.423 e. The quantitative estimate of drug-likeness (QED) is 0.829. The van der Waals surface area contributed by atoms with Crippen LogP contribution in [0.5, 0.6) is 0 Å². The molecule has 1 rings (SSSR count). The predicted molar refractivity (Wildman–Crippen MR) is 58.4 cm³/mol. The fraction of sp³-hybridized carbons (Fsp3) is 0.300. The zero-order valence-corrected chi connectivity index (χ0v) is 10.2. The van der Waals surface area contributed by atoms with Crippen molar-refractivity contribution >= 4 is 16.1 Å². The Labute approximate surface area is 98.9 Å². The number of carbonyl (C=O) groups is 1. The van der Waals surface area contributed by atoms with Crippen LogP contribution in [-0.4, -0.2) is 32.5 Å². The summed E-state index contributed by atoms with van der Waals surface area (Å²) in [4.78, 5) is 11.1. The standard InChI is InChI=1S/C10H12FNO4S/c1-3-16-10(13)12(2)17(14,15)9-6-4-8(11)5-7-9/h4-7H,3H2,1-2H3. The summed E-state index contributed by atoms with van der Waals surface area (Å²) in [7, 11) is -2.91. The lowest BCUT2D eigenvalue weighted by Crippen LogP contribution is -2.33. The topological polar surface area (TPSA) is 63.7 Å². The molecule has 1 aromatic carbocycles. The minimum Gasteiger partial charge on any atom is -0.449 e. The van der Waals surface area contributed by atoms with E-state index in [2.05, 4.69) is 4.74 Å². The highest BCUT2D eigenvalue weighted by Crippen LogP contribution is 2.15. The number of hydrogen-bond acceptors (Lipinski definition) is 4. The Morgan fingerprint density at radius 2 is 1.88 bits per heavy atom. The number of hydrogen-bond donors (Lipinski definition) is 0. The normalized spacial score (nSPS) is 11.0. The first-order valence-corrected chi connectivity index (χ1v) is 6.25. The van der Waals surface area contributed by atoms with Crippen molar-refractivity contribution in [2.45, 2.75) is 11.8 Å². The van der Waals surface area contributed by atoms with Crippen molar-refractivity contribution in [3.63, 3.8) is 0 Å². The molecule has 0 N–H and O–H groups in total. The van der Waals surface area contributed by atoms with Crippen LogP contribution in [0.3, 0.4) is 0 Å². The summed E-state index contributed by atoms with van der Waals surface area (Å²) in [5.74, 6) is -0.553. The van der Waals surface area contributed by atoms with Gasteiger partial charge in [-0.3, -0.25) is 0 Å².